The molecule has 0 spiro atoms. The smallest absolute Gasteiger partial charge is 0.249 e. The first kappa shape index (κ1) is 24.6. The van der Waals surface area contributed by atoms with Gasteiger partial charge in [-0.25, -0.2) is 0 Å². The molecule has 4 saturated carbocycles. The minimum Gasteiger partial charge on any atom is -0.385 e. The lowest BCUT2D eigenvalue weighted by Crippen LogP contribution is -2.58. The summed E-state index contributed by atoms with van der Waals surface area (Å²) < 4.78 is 0. The van der Waals surface area contributed by atoms with Crippen molar-refractivity contribution in [1.29, 1.82) is 0 Å². The van der Waals surface area contributed by atoms with Crippen molar-refractivity contribution in [3.05, 3.63) is 24.3 Å². The fourth-order valence-corrected chi connectivity index (χ4v) is 7.72. The summed E-state index contributed by atoms with van der Waals surface area (Å²) in [6.07, 6.45) is 16.5. The molecule has 6 rings (SSSR count). The van der Waals surface area contributed by atoms with Gasteiger partial charge in [-0.3, -0.25) is 14.9 Å². The molecular formula is C29H44N4O2. The van der Waals surface area contributed by atoms with Gasteiger partial charge in [0.2, 0.25) is 11.8 Å². The van der Waals surface area contributed by atoms with E-state index in [-0.39, 0.29) is 17.9 Å². The quantitative estimate of drug-likeness (QED) is 0.284. The topological polar surface area (TPSA) is 73.5 Å². The number of unbranched alkanes of at least 4 members (excludes halogenated alkanes) is 4. The van der Waals surface area contributed by atoms with E-state index in [1.165, 1.54) is 77.2 Å². The molecule has 4 bridgehead atoms. The summed E-state index contributed by atoms with van der Waals surface area (Å²) in [5.41, 5.74) is 2.57. The molecule has 5 aliphatic rings. The van der Waals surface area contributed by atoms with Crippen LogP contribution in [0.25, 0.3) is 0 Å². The van der Waals surface area contributed by atoms with E-state index in [0.717, 1.165) is 35.7 Å². The van der Waals surface area contributed by atoms with E-state index in [2.05, 4.69) is 40.0 Å². The third-order valence-corrected chi connectivity index (χ3v) is 9.28. The van der Waals surface area contributed by atoms with Gasteiger partial charge in [0.05, 0.1) is 0 Å². The Kier molecular flexibility index (Phi) is 7.66. The third-order valence-electron chi connectivity index (χ3n) is 9.28. The molecule has 1 unspecified atom stereocenters. The van der Waals surface area contributed by atoms with E-state index in [0.29, 0.717) is 18.4 Å². The van der Waals surface area contributed by atoms with Crippen LogP contribution in [0, 0.1) is 17.8 Å². The summed E-state index contributed by atoms with van der Waals surface area (Å²) in [6.45, 7) is 2.27. The highest BCUT2D eigenvalue weighted by molar-refractivity contribution is 6.01. The molecule has 0 radical (unpaired) electrons. The van der Waals surface area contributed by atoms with Gasteiger partial charge in [0.1, 0.15) is 6.04 Å². The van der Waals surface area contributed by atoms with E-state index in [9.17, 15) is 9.59 Å². The second-order valence-corrected chi connectivity index (χ2v) is 12.0. The Balaban J connectivity index is 0.925. The van der Waals surface area contributed by atoms with Gasteiger partial charge in [0, 0.05) is 29.9 Å². The average Bonchev–Trinajstić information content (AvgIpc) is 2.82. The van der Waals surface area contributed by atoms with Crippen molar-refractivity contribution in [2.75, 3.05) is 30.8 Å². The van der Waals surface area contributed by atoms with Gasteiger partial charge >= 0.3 is 0 Å². The van der Waals surface area contributed by atoms with Crippen LogP contribution in [0.5, 0.6) is 0 Å². The van der Waals surface area contributed by atoms with Crippen LogP contribution < -0.4 is 16.0 Å². The zero-order valence-corrected chi connectivity index (χ0v) is 21.5. The zero-order chi connectivity index (χ0) is 24.3. The zero-order valence-electron chi connectivity index (χ0n) is 21.5. The Bertz CT molecular complexity index is 848. The number of hydrogen-bond acceptors (Lipinski definition) is 5. The summed E-state index contributed by atoms with van der Waals surface area (Å²) in [5.74, 6) is 2.69. The molecule has 4 aliphatic carbocycles. The maximum Gasteiger partial charge on any atom is 0.249 e. The molecule has 3 N–H and O–H groups in total. The van der Waals surface area contributed by atoms with Crippen LogP contribution in [0.2, 0.25) is 0 Å². The fourth-order valence-electron chi connectivity index (χ4n) is 7.72. The number of carbonyl (C=O) groups is 2. The molecule has 0 aromatic heterocycles. The standard InChI is InChI=1S/C29H44N4O2/c1-33(29-18-21-15-22(19-29)17-23(16-21)20-29)14-6-4-2-3-5-13-30-24-7-9-25(10-8-24)31-26-11-12-27(34)32-28(26)35/h7-10,21-23,26,30-31H,2-6,11-20H2,1H3,(H,32,34,35). The number of anilines is 2. The van der Waals surface area contributed by atoms with Crippen LogP contribution >= 0.6 is 0 Å². The summed E-state index contributed by atoms with van der Waals surface area (Å²) in [7, 11) is 2.42. The van der Waals surface area contributed by atoms with Crippen LogP contribution in [-0.2, 0) is 9.59 Å². The molecule has 6 heteroatoms. The monoisotopic (exact) mass is 480 g/mol. The number of nitrogens with zero attached hydrogens (tertiary/aromatic N) is 1. The van der Waals surface area contributed by atoms with Crippen LogP contribution in [0.4, 0.5) is 11.4 Å². The minimum atomic E-state index is -0.334. The normalized spacial score (nSPS) is 31.6. The second-order valence-electron chi connectivity index (χ2n) is 12.0. The predicted octanol–water partition coefficient (Wildman–Crippen LogP) is 5.17. The molecule has 1 aliphatic heterocycles. The van der Waals surface area contributed by atoms with Crippen LogP contribution in [0.3, 0.4) is 0 Å². The van der Waals surface area contributed by atoms with E-state index >= 15 is 0 Å². The molecule has 2 amide bonds. The molecule has 1 atom stereocenters. The molecule has 5 fully saturated rings. The molecule has 1 heterocycles. The Morgan fingerprint density at radius 3 is 2.14 bits per heavy atom. The van der Waals surface area contributed by atoms with Crippen molar-refractivity contribution in [2.45, 2.75) is 95.1 Å². The fraction of sp³-hybridized carbons (Fsp3) is 0.724. The Hall–Kier alpha value is -2.08. The maximum atomic E-state index is 11.9. The van der Waals surface area contributed by atoms with Crippen molar-refractivity contribution in [2.24, 2.45) is 17.8 Å². The van der Waals surface area contributed by atoms with Crippen molar-refractivity contribution >= 4 is 23.2 Å². The number of piperidine rings is 1. The van der Waals surface area contributed by atoms with Gasteiger partial charge in [-0.2, -0.15) is 0 Å². The van der Waals surface area contributed by atoms with Crippen molar-refractivity contribution in [3.8, 4) is 0 Å². The van der Waals surface area contributed by atoms with Crippen molar-refractivity contribution < 1.29 is 9.59 Å². The first-order valence-corrected chi connectivity index (χ1v) is 14.1. The lowest BCUT2D eigenvalue weighted by Gasteiger charge is -2.60. The highest BCUT2D eigenvalue weighted by Crippen LogP contribution is 2.57. The number of imide groups is 1. The summed E-state index contributed by atoms with van der Waals surface area (Å²) in [4.78, 5) is 25.9. The number of benzene rings is 1. The van der Waals surface area contributed by atoms with Gasteiger partial charge < -0.3 is 15.5 Å². The Labute approximate surface area is 211 Å². The van der Waals surface area contributed by atoms with Crippen LogP contribution in [0.1, 0.15) is 83.5 Å². The van der Waals surface area contributed by atoms with E-state index < -0.39 is 0 Å². The molecule has 1 aromatic rings. The molecular weight excluding hydrogens is 436 g/mol. The first-order valence-electron chi connectivity index (χ1n) is 14.1. The lowest BCUT2D eigenvalue weighted by atomic mass is 9.52. The van der Waals surface area contributed by atoms with Crippen molar-refractivity contribution in [3.63, 3.8) is 0 Å². The lowest BCUT2D eigenvalue weighted by molar-refractivity contribution is -0.133. The van der Waals surface area contributed by atoms with Gasteiger partial charge in [0.25, 0.3) is 0 Å². The highest BCUT2D eigenvalue weighted by Gasteiger charge is 2.52. The van der Waals surface area contributed by atoms with E-state index in [1.54, 1.807) is 0 Å². The number of amides is 2. The number of carbonyl (C=O) groups excluding carboxylic acids is 2. The Morgan fingerprint density at radius 1 is 0.886 bits per heavy atom. The average molecular weight is 481 g/mol. The summed E-state index contributed by atoms with van der Waals surface area (Å²) in [5, 5.41) is 9.13. The number of rotatable bonds is 12. The molecule has 35 heavy (non-hydrogen) atoms. The third kappa shape index (κ3) is 6.02. The highest BCUT2D eigenvalue weighted by atomic mass is 16.2. The van der Waals surface area contributed by atoms with Gasteiger partial charge in [0.15, 0.2) is 0 Å². The molecule has 1 aromatic carbocycles. The maximum absolute atomic E-state index is 11.9. The van der Waals surface area contributed by atoms with Crippen LogP contribution in [0.15, 0.2) is 24.3 Å². The van der Waals surface area contributed by atoms with Gasteiger partial charge in [-0.1, -0.05) is 19.3 Å². The summed E-state index contributed by atoms with van der Waals surface area (Å²) >= 11 is 0. The second kappa shape index (κ2) is 10.9. The van der Waals surface area contributed by atoms with Crippen molar-refractivity contribution in [1.82, 2.24) is 10.2 Å². The largest absolute Gasteiger partial charge is 0.385 e. The number of hydrogen-bond donors (Lipinski definition) is 3. The molecule has 6 nitrogen and oxygen atoms in total. The molecule has 1 saturated heterocycles. The number of nitrogens with one attached hydrogen (secondary N) is 3. The Morgan fingerprint density at radius 2 is 1.49 bits per heavy atom. The van der Waals surface area contributed by atoms with E-state index in [1.807, 2.05) is 12.1 Å². The first-order chi connectivity index (χ1) is 17.0. The van der Waals surface area contributed by atoms with Gasteiger partial charge in [-0.15, -0.1) is 0 Å². The molecule has 192 valence electrons. The summed E-state index contributed by atoms with van der Waals surface area (Å²) in [6, 6.07) is 7.75. The van der Waals surface area contributed by atoms with Gasteiger partial charge in [-0.05, 0) is 113 Å². The SMILES string of the molecule is CN(CCCCCCCNc1ccc(NC2CCC(=O)NC2=O)cc1)C12CC3CC(CC(C3)C1)C2. The van der Waals surface area contributed by atoms with Crippen LogP contribution in [-0.4, -0.2) is 48.4 Å². The predicted molar refractivity (Wildman–Crippen MR) is 141 cm³/mol. The minimum absolute atomic E-state index is 0.183. The van der Waals surface area contributed by atoms with E-state index in [4.69, 9.17) is 0 Å².